The van der Waals surface area contributed by atoms with Gasteiger partial charge in [0.15, 0.2) is 0 Å². The van der Waals surface area contributed by atoms with Crippen molar-refractivity contribution in [1.82, 2.24) is 0 Å². The summed E-state index contributed by atoms with van der Waals surface area (Å²) in [5, 5.41) is 0. The molecule has 0 amide bonds. The number of fused-ring (bicyclic) bond motifs is 2. The van der Waals surface area contributed by atoms with Gasteiger partial charge in [0, 0.05) is 6.92 Å². The van der Waals surface area contributed by atoms with Crippen LogP contribution < -0.4 is 0 Å². The van der Waals surface area contributed by atoms with Crippen LogP contribution in [-0.2, 0) is 14.2 Å². The lowest BCUT2D eigenvalue weighted by molar-refractivity contribution is -0.428. The summed E-state index contributed by atoms with van der Waals surface area (Å²) in [5.74, 6) is -0.721. The van der Waals surface area contributed by atoms with E-state index in [1.807, 2.05) is 6.92 Å². The van der Waals surface area contributed by atoms with Gasteiger partial charge in [-0.25, -0.2) is 0 Å². The first-order chi connectivity index (χ1) is 4.79. The molecule has 2 rings (SSSR count). The van der Waals surface area contributed by atoms with E-state index in [0.29, 0.717) is 6.10 Å². The molecule has 0 radical (unpaired) electrons. The summed E-state index contributed by atoms with van der Waals surface area (Å²) in [6.45, 7) is 3.36. The maximum atomic E-state index is 5.47. The topological polar surface area (TPSA) is 27.7 Å². The van der Waals surface area contributed by atoms with Gasteiger partial charge < -0.3 is 14.2 Å². The van der Waals surface area contributed by atoms with Gasteiger partial charge in [-0.1, -0.05) is 0 Å². The molecule has 0 unspecified atom stereocenters. The Balaban J connectivity index is 2.07. The molecule has 0 aromatic heterocycles. The van der Waals surface area contributed by atoms with Crippen molar-refractivity contribution in [3.8, 4) is 0 Å². The van der Waals surface area contributed by atoms with Crippen LogP contribution in [0.15, 0.2) is 0 Å². The van der Waals surface area contributed by atoms with Gasteiger partial charge in [0.2, 0.25) is 0 Å². The molecule has 0 aliphatic carbocycles. The van der Waals surface area contributed by atoms with Gasteiger partial charge in [-0.15, -0.1) is 0 Å². The minimum absolute atomic E-state index is 0.368. The second kappa shape index (κ2) is 2.19. The lowest BCUT2D eigenvalue weighted by atomic mass is 10.1. The Hall–Kier alpha value is -0.120. The van der Waals surface area contributed by atoms with E-state index in [1.165, 1.54) is 0 Å². The molecule has 2 heterocycles. The lowest BCUT2D eigenvalue weighted by Gasteiger charge is -2.41. The van der Waals surface area contributed by atoms with E-state index in [2.05, 4.69) is 0 Å². The molecule has 0 atom stereocenters. The van der Waals surface area contributed by atoms with E-state index in [1.54, 1.807) is 0 Å². The summed E-state index contributed by atoms with van der Waals surface area (Å²) >= 11 is 0. The van der Waals surface area contributed by atoms with Crippen LogP contribution in [0.25, 0.3) is 0 Å². The van der Waals surface area contributed by atoms with Crippen LogP contribution in [0.2, 0.25) is 0 Å². The fraction of sp³-hybridized carbons (Fsp3) is 1.00. The molecule has 2 fully saturated rings. The van der Waals surface area contributed by atoms with Gasteiger partial charge in [-0.3, -0.25) is 0 Å². The molecule has 2 bridgehead atoms. The molecular weight excluding hydrogens is 132 g/mol. The lowest BCUT2D eigenvalue weighted by Crippen LogP contribution is -2.48. The first-order valence-electron chi connectivity index (χ1n) is 3.74. The molecule has 10 heavy (non-hydrogen) atoms. The van der Waals surface area contributed by atoms with Gasteiger partial charge in [0.05, 0.1) is 19.3 Å². The summed E-state index contributed by atoms with van der Waals surface area (Å²) in [6, 6.07) is 0. The number of hydrogen-bond acceptors (Lipinski definition) is 3. The predicted molar refractivity (Wildman–Crippen MR) is 34.4 cm³/mol. The predicted octanol–water partition coefficient (Wildman–Crippen LogP) is 0.886. The molecule has 2 aliphatic heterocycles. The Kier molecular flexibility index (Phi) is 1.44. The van der Waals surface area contributed by atoms with E-state index in [4.69, 9.17) is 14.2 Å². The van der Waals surface area contributed by atoms with E-state index in [9.17, 15) is 0 Å². The molecule has 0 aromatic rings. The van der Waals surface area contributed by atoms with E-state index in [0.717, 1.165) is 26.1 Å². The van der Waals surface area contributed by atoms with Crippen LogP contribution in [0.5, 0.6) is 0 Å². The van der Waals surface area contributed by atoms with E-state index in [-0.39, 0.29) is 0 Å². The molecule has 3 nitrogen and oxygen atoms in total. The Morgan fingerprint density at radius 3 is 2.20 bits per heavy atom. The van der Waals surface area contributed by atoms with Crippen molar-refractivity contribution >= 4 is 0 Å². The third-order valence-electron chi connectivity index (χ3n) is 1.99. The normalized spacial score (nSPS) is 47.1. The van der Waals surface area contributed by atoms with Crippen LogP contribution in [0.3, 0.4) is 0 Å². The van der Waals surface area contributed by atoms with Crippen LogP contribution in [-0.4, -0.2) is 25.3 Å². The fourth-order valence-corrected chi connectivity index (χ4v) is 1.43. The van der Waals surface area contributed by atoms with Crippen molar-refractivity contribution < 1.29 is 14.2 Å². The molecule has 2 aliphatic rings. The minimum atomic E-state index is -0.721. The molecular formula is C7H12O3. The highest BCUT2D eigenvalue weighted by Gasteiger charge is 2.38. The van der Waals surface area contributed by atoms with E-state index >= 15 is 0 Å². The quantitative estimate of drug-likeness (QED) is 0.505. The Bertz CT molecular complexity index is 125. The second-order valence-electron chi connectivity index (χ2n) is 2.88. The summed E-state index contributed by atoms with van der Waals surface area (Å²) in [5.41, 5.74) is 0. The van der Waals surface area contributed by atoms with Crippen molar-refractivity contribution in [3.63, 3.8) is 0 Å². The summed E-state index contributed by atoms with van der Waals surface area (Å²) in [6.07, 6.45) is 2.39. The van der Waals surface area contributed by atoms with Crippen LogP contribution in [0.4, 0.5) is 0 Å². The molecule has 0 saturated carbocycles. The summed E-state index contributed by atoms with van der Waals surface area (Å²) in [7, 11) is 0. The van der Waals surface area contributed by atoms with Gasteiger partial charge in [-0.2, -0.15) is 0 Å². The molecule has 58 valence electrons. The van der Waals surface area contributed by atoms with Crippen molar-refractivity contribution in [1.29, 1.82) is 0 Å². The highest BCUT2D eigenvalue weighted by atomic mass is 16.9. The molecule has 3 heteroatoms. The largest absolute Gasteiger partial charge is 0.328 e. The first-order valence-corrected chi connectivity index (χ1v) is 3.74. The SMILES string of the molecule is CC12OCCC(CCO1)O2. The standard InChI is InChI=1S/C7H12O3/c1-7-8-4-2-6(10-7)3-5-9-7/h6H,2-5H2,1H3. The van der Waals surface area contributed by atoms with Crippen molar-refractivity contribution in [2.24, 2.45) is 0 Å². The van der Waals surface area contributed by atoms with Gasteiger partial charge in [-0.05, 0) is 12.8 Å². The Labute approximate surface area is 60.3 Å². The average molecular weight is 144 g/mol. The molecule has 0 aromatic carbocycles. The zero-order valence-electron chi connectivity index (χ0n) is 6.13. The molecule has 0 N–H and O–H groups in total. The third kappa shape index (κ3) is 1.05. The smallest absolute Gasteiger partial charge is 0.280 e. The minimum Gasteiger partial charge on any atom is -0.328 e. The van der Waals surface area contributed by atoms with E-state index < -0.39 is 5.97 Å². The number of hydrogen-bond donors (Lipinski definition) is 0. The highest BCUT2D eigenvalue weighted by molar-refractivity contribution is 4.70. The first kappa shape index (κ1) is 6.58. The number of ether oxygens (including phenoxy) is 3. The molecule has 2 saturated heterocycles. The monoisotopic (exact) mass is 144 g/mol. The van der Waals surface area contributed by atoms with Gasteiger partial charge >= 0.3 is 0 Å². The van der Waals surface area contributed by atoms with Crippen LogP contribution >= 0.6 is 0 Å². The van der Waals surface area contributed by atoms with Crippen LogP contribution in [0, 0.1) is 0 Å². The zero-order valence-corrected chi connectivity index (χ0v) is 6.13. The van der Waals surface area contributed by atoms with Crippen molar-refractivity contribution in [2.45, 2.75) is 31.8 Å². The highest BCUT2D eigenvalue weighted by Crippen LogP contribution is 2.29. The summed E-state index contributed by atoms with van der Waals surface area (Å²) < 4.78 is 16.0. The average Bonchev–Trinajstić information content (AvgIpc) is 1.86. The van der Waals surface area contributed by atoms with Crippen molar-refractivity contribution in [2.75, 3.05) is 13.2 Å². The molecule has 0 spiro atoms. The maximum absolute atomic E-state index is 5.47. The number of rotatable bonds is 0. The van der Waals surface area contributed by atoms with Crippen LogP contribution in [0.1, 0.15) is 19.8 Å². The Morgan fingerprint density at radius 2 is 1.80 bits per heavy atom. The van der Waals surface area contributed by atoms with Gasteiger partial charge in [0.25, 0.3) is 5.97 Å². The van der Waals surface area contributed by atoms with Crippen molar-refractivity contribution in [3.05, 3.63) is 0 Å². The van der Waals surface area contributed by atoms with Gasteiger partial charge in [0.1, 0.15) is 0 Å². The maximum Gasteiger partial charge on any atom is 0.280 e. The Morgan fingerprint density at radius 1 is 1.20 bits per heavy atom. The summed E-state index contributed by atoms with van der Waals surface area (Å²) in [4.78, 5) is 0. The second-order valence-corrected chi connectivity index (χ2v) is 2.88. The fourth-order valence-electron chi connectivity index (χ4n) is 1.43. The zero-order chi connectivity index (χ0) is 7.03. The third-order valence-corrected chi connectivity index (χ3v) is 1.99.